The number of nitrogens with zero attached hydrogens (tertiary/aromatic N) is 4. The molecular weight excluding hydrogens is 264 g/mol. The summed E-state index contributed by atoms with van der Waals surface area (Å²) in [5.41, 5.74) is 1.97. The van der Waals surface area contributed by atoms with Crippen LogP contribution in [0.4, 0.5) is 0 Å². The average molecular weight is 286 g/mol. The normalized spacial score (nSPS) is 12.6. The van der Waals surface area contributed by atoms with Gasteiger partial charge in [-0.05, 0) is 40.1 Å². The Kier molecular flexibility index (Phi) is 4.81. The monoisotopic (exact) mass is 286 g/mol. The second-order valence-electron chi connectivity index (χ2n) is 5.25. The molecule has 2 rings (SSSR count). The molecule has 0 aliphatic rings. The van der Waals surface area contributed by atoms with Crippen molar-refractivity contribution in [2.75, 3.05) is 20.7 Å². The van der Waals surface area contributed by atoms with Crippen molar-refractivity contribution in [1.82, 2.24) is 14.5 Å². The lowest BCUT2D eigenvalue weighted by Gasteiger charge is -2.20. The molecule has 1 heterocycles. The summed E-state index contributed by atoms with van der Waals surface area (Å²) in [5, 5.41) is 8.88. The molecule has 112 valence electrons. The van der Waals surface area contributed by atoms with Crippen LogP contribution in [0.2, 0.25) is 0 Å². The van der Waals surface area contributed by atoms with Crippen LogP contribution in [0.25, 0.3) is 11.0 Å². The number of fused-ring (bicyclic) bond motifs is 1. The van der Waals surface area contributed by atoms with Crippen molar-refractivity contribution >= 4 is 11.0 Å². The van der Waals surface area contributed by atoms with E-state index in [9.17, 15) is 0 Å². The van der Waals surface area contributed by atoms with Gasteiger partial charge in [-0.15, -0.1) is 0 Å². The van der Waals surface area contributed by atoms with Gasteiger partial charge in [0.2, 0.25) is 0 Å². The molecule has 0 N–H and O–H groups in total. The van der Waals surface area contributed by atoms with Crippen LogP contribution in [0.3, 0.4) is 0 Å². The van der Waals surface area contributed by atoms with Gasteiger partial charge < -0.3 is 9.30 Å². The van der Waals surface area contributed by atoms with E-state index in [0.717, 1.165) is 22.6 Å². The van der Waals surface area contributed by atoms with Gasteiger partial charge in [0.25, 0.3) is 0 Å². The summed E-state index contributed by atoms with van der Waals surface area (Å²) in [6.07, 6.45) is 0.478. The first kappa shape index (κ1) is 15.3. The number of aryl methyl sites for hydroxylation is 1. The van der Waals surface area contributed by atoms with Gasteiger partial charge in [-0.25, -0.2) is 4.98 Å². The number of benzene rings is 1. The van der Waals surface area contributed by atoms with Crippen LogP contribution in [0, 0.1) is 11.3 Å². The lowest BCUT2D eigenvalue weighted by molar-refractivity contribution is 0.302. The summed E-state index contributed by atoms with van der Waals surface area (Å²) in [5.74, 6) is 1.82. The summed E-state index contributed by atoms with van der Waals surface area (Å²) in [7, 11) is 4.06. The van der Waals surface area contributed by atoms with Crippen molar-refractivity contribution in [3.63, 3.8) is 0 Å². The Bertz CT molecular complexity index is 654. The van der Waals surface area contributed by atoms with Crippen molar-refractivity contribution in [1.29, 1.82) is 5.26 Å². The number of nitriles is 1. The van der Waals surface area contributed by atoms with E-state index in [-0.39, 0.29) is 6.04 Å². The molecule has 21 heavy (non-hydrogen) atoms. The molecule has 1 atom stereocenters. The Morgan fingerprint density at radius 3 is 2.81 bits per heavy atom. The molecule has 0 bridgehead atoms. The van der Waals surface area contributed by atoms with E-state index in [1.807, 2.05) is 39.2 Å². The third-order valence-corrected chi connectivity index (χ3v) is 3.66. The van der Waals surface area contributed by atoms with Crippen molar-refractivity contribution in [2.45, 2.75) is 32.9 Å². The van der Waals surface area contributed by atoms with E-state index in [1.54, 1.807) is 0 Å². The van der Waals surface area contributed by atoms with Gasteiger partial charge in [-0.3, -0.25) is 4.90 Å². The zero-order valence-electron chi connectivity index (χ0n) is 13.1. The number of rotatable bonds is 6. The first-order valence-corrected chi connectivity index (χ1v) is 7.24. The largest absolute Gasteiger partial charge is 0.494 e. The molecule has 0 fully saturated rings. The second-order valence-corrected chi connectivity index (χ2v) is 5.25. The van der Waals surface area contributed by atoms with Crippen LogP contribution >= 0.6 is 0 Å². The van der Waals surface area contributed by atoms with E-state index in [1.165, 1.54) is 0 Å². The highest BCUT2D eigenvalue weighted by atomic mass is 16.5. The summed E-state index contributed by atoms with van der Waals surface area (Å²) >= 11 is 0. The number of hydrogen-bond donors (Lipinski definition) is 0. The summed E-state index contributed by atoms with van der Waals surface area (Å²) in [4.78, 5) is 6.88. The topological polar surface area (TPSA) is 54.1 Å². The van der Waals surface area contributed by atoms with Gasteiger partial charge in [0.15, 0.2) is 0 Å². The van der Waals surface area contributed by atoms with Gasteiger partial charge in [0.1, 0.15) is 11.6 Å². The van der Waals surface area contributed by atoms with E-state index in [0.29, 0.717) is 19.6 Å². The predicted octanol–water partition coefficient (Wildman–Crippen LogP) is 2.97. The Balaban J connectivity index is 2.52. The van der Waals surface area contributed by atoms with Gasteiger partial charge in [0, 0.05) is 12.6 Å². The molecule has 1 aromatic carbocycles. The Morgan fingerprint density at radius 1 is 1.43 bits per heavy atom. The number of aromatic nitrogens is 2. The molecule has 0 aliphatic carbocycles. The van der Waals surface area contributed by atoms with E-state index in [2.05, 4.69) is 22.5 Å². The minimum Gasteiger partial charge on any atom is -0.494 e. The van der Waals surface area contributed by atoms with Gasteiger partial charge in [0.05, 0.1) is 36.2 Å². The van der Waals surface area contributed by atoms with Crippen molar-refractivity contribution in [3.05, 3.63) is 24.0 Å². The molecule has 0 saturated carbocycles. The van der Waals surface area contributed by atoms with Crippen molar-refractivity contribution in [2.24, 2.45) is 0 Å². The fourth-order valence-electron chi connectivity index (χ4n) is 2.33. The maximum absolute atomic E-state index is 8.88. The molecule has 5 heteroatoms. The van der Waals surface area contributed by atoms with Crippen LogP contribution in [-0.4, -0.2) is 35.2 Å². The minimum atomic E-state index is 0.187. The molecule has 1 unspecified atom stereocenters. The Labute approximate surface area is 125 Å². The molecule has 0 spiro atoms. The number of ether oxygens (including phenoxy) is 1. The first-order chi connectivity index (χ1) is 10.1. The van der Waals surface area contributed by atoms with Gasteiger partial charge in [-0.2, -0.15) is 5.26 Å². The second kappa shape index (κ2) is 6.59. The van der Waals surface area contributed by atoms with Crippen LogP contribution < -0.4 is 4.74 Å². The molecule has 0 radical (unpaired) electrons. The van der Waals surface area contributed by atoms with Crippen LogP contribution in [0.15, 0.2) is 18.2 Å². The Hall–Kier alpha value is -2.06. The van der Waals surface area contributed by atoms with Crippen LogP contribution in [0.5, 0.6) is 5.75 Å². The predicted molar refractivity (Wildman–Crippen MR) is 83.2 cm³/mol. The lowest BCUT2D eigenvalue weighted by atomic mass is 10.2. The maximum Gasteiger partial charge on any atom is 0.127 e. The van der Waals surface area contributed by atoms with Crippen LogP contribution in [-0.2, 0) is 6.54 Å². The maximum atomic E-state index is 8.88. The summed E-state index contributed by atoms with van der Waals surface area (Å²) in [6, 6.07) is 8.35. The standard InChI is InChI=1S/C16H22N4O/c1-5-21-13-7-8-15-14(11-13)18-16(12(2)19(3)4)20(15)10-6-9-17/h7-8,11-12H,5-6,10H2,1-4H3. The van der Waals surface area contributed by atoms with E-state index in [4.69, 9.17) is 15.0 Å². The molecule has 0 amide bonds. The highest BCUT2D eigenvalue weighted by Gasteiger charge is 2.18. The molecule has 2 aromatic rings. The summed E-state index contributed by atoms with van der Waals surface area (Å²) in [6.45, 7) is 5.39. The first-order valence-electron chi connectivity index (χ1n) is 7.24. The molecule has 5 nitrogen and oxygen atoms in total. The Morgan fingerprint density at radius 2 is 2.19 bits per heavy atom. The zero-order valence-corrected chi connectivity index (χ0v) is 13.1. The van der Waals surface area contributed by atoms with E-state index >= 15 is 0 Å². The van der Waals surface area contributed by atoms with Crippen LogP contribution in [0.1, 0.15) is 32.1 Å². The van der Waals surface area contributed by atoms with Crippen molar-refractivity contribution < 1.29 is 4.74 Å². The molecule has 0 aliphatic heterocycles. The minimum absolute atomic E-state index is 0.187. The SMILES string of the molecule is CCOc1ccc2c(c1)nc(C(C)N(C)C)n2CCC#N. The zero-order chi connectivity index (χ0) is 15.4. The molecule has 1 aromatic heterocycles. The van der Waals surface area contributed by atoms with E-state index < -0.39 is 0 Å². The van der Waals surface area contributed by atoms with Crippen molar-refractivity contribution in [3.8, 4) is 11.8 Å². The molecule has 0 saturated heterocycles. The summed E-state index contributed by atoms with van der Waals surface area (Å²) < 4.78 is 7.68. The van der Waals surface area contributed by atoms with Gasteiger partial charge >= 0.3 is 0 Å². The smallest absolute Gasteiger partial charge is 0.127 e. The number of hydrogen-bond acceptors (Lipinski definition) is 4. The third-order valence-electron chi connectivity index (χ3n) is 3.66. The van der Waals surface area contributed by atoms with Gasteiger partial charge in [-0.1, -0.05) is 0 Å². The third kappa shape index (κ3) is 3.17. The fraction of sp³-hybridized carbons (Fsp3) is 0.500. The quantitative estimate of drug-likeness (QED) is 0.819. The highest BCUT2D eigenvalue weighted by Crippen LogP contribution is 2.26. The average Bonchev–Trinajstić information content (AvgIpc) is 2.82. The molecular formula is C16H22N4O. The number of imidazole rings is 1. The fourth-order valence-corrected chi connectivity index (χ4v) is 2.33. The lowest BCUT2D eigenvalue weighted by Crippen LogP contribution is -2.21. The highest BCUT2D eigenvalue weighted by molar-refractivity contribution is 5.78.